The lowest BCUT2D eigenvalue weighted by Crippen LogP contribution is -2.46. The van der Waals surface area contributed by atoms with Gasteiger partial charge < -0.3 is 15.0 Å². The van der Waals surface area contributed by atoms with E-state index in [1.807, 2.05) is 13.0 Å². The lowest BCUT2D eigenvalue weighted by Gasteiger charge is -2.36. The van der Waals surface area contributed by atoms with Crippen molar-refractivity contribution in [3.05, 3.63) is 18.2 Å². The number of nitrogens with zero attached hydrogens (tertiary/aromatic N) is 2. The Morgan fingerprint density at radius 1 is 1.10 bits per heavy atom. The third-order valence-corrected chi connectivity index (χ3v) is 7.84. The molecular formula is C24H35N3O2. The van der Waals surface area contributed by atoms with E-state index in [4.69, 9.17) is 4.74 Å². The highest BCUT2D eigenvalue weighted by molar-refractivity contribution is 5.96. The number of benzene rings is 1. The van der Waals surface area contributed by atoms with Gasteiger partial charge in [0.25, 0.3) is 0 Å². The van der Waals surface area contributed by atoms with Crippen molar-refractivity contribution in [2.45, 2.75) is 39.5 Å². The molecule has 4 atom stereocenters. The van der Waals surface area contributed by atoms with Crippen molar-refractivity contribution in [3.8, 4) is 5.75 Å². The number of anilines is 2. The molecule has 1 aromatic rings. The van der Waals surface area contributed by atoms with Crippen molar-refractivity contribution >= 4 is 17.3 Å². The fraction of sp³-hybridized carbons (Fsp3) is 0.708. The zero-order chi connectivity index (χ0) is 20.0. The van der Waals surface area contributed by atoms with E-state index in [1.54, 1.807) is 0 Å². The standard InChI is InChI=1S/C24H35N3O2/c1-3-9-26-10-12-27(13-11-26)18-7-8-19(20(15-18)29-4-2)25-24(28)23-21-16-5-6-17(14-16)22(21)23/h7-8,15-17,21-23H,3-6,9-14H2,1-2H3,(H,25,28)/t16-,17-,21-,22-/m0/s1. The van der Waals surface area contributed by atoms with Crippen molar-refractivity contribution in [2.24, 2.45) is 29.6 Å². The van der Waals surface area contributed by atoms with Gasteiger partial charge in [0.2, 0.25) is 5.91 Å². The van der Waals surface area contributed by atoms with Crippen LogP contribution in [0.2, 0.25) is 0 Å². The molecule has 1 N–H and O–H groups in total. The summed E-state index contributed by atoms with van der Waals surface area (Å²) in [6.07, 6.45) is 5.29. The van der Waals surface area contributed by atoms with Crippen LogP contribution in [0.3, 0.4) is 0 Å². The molecular weight excluding hydrogens is 362 g/mol. The Kier molecular flexibility index (Phi) is 5.19. The quantitative estimate of drug-likeness (QED) is 0.759. The molecule has 158 valence electrons. The molecule has 0 radical (unpaired) electrons. The summed E-state index contributed by atoms with van der Waals surface area (Å²) in [6, 6.07) is 6.31. The largest absolute Gasteiger partial charge is 0.492 e. The van der Waals surface area contributed by atoms with Gasteiger partial charge in [-0.3, -0.25) is 9.69 Å². The Hall–Kier alpha value is -1.75. The number of carbonyl (C=O) groups is 1. The molecule has 3 saturated carbocycles. The lowest BCUT2D eigenvalue weighted by molar-refractivity contribution is -0.118. The second-order valence-corrected chi connectivity index (χ2v) is 9.45. The molecule has 1 amide bonds. The van der Waals surface area contributed by atoms with Gasteiger partial charge in [-0.1, -0.05) is 6.92 Å². The van der Waals surface area contributed by atoms with E-state index in [-0.39, 0.29) is 11.8 Å². The van der Waals surface area contributed by atoms with Crippen molar-refractivity contribution in [1.29, 1.82) is 0 Å². The maximum atomic E-state index is 13.0. The number of amides is 1. The Balaban J connectivity index is 1.25. The van der Waals surface area contributed by atoms with Gasteiger partial charge in [0.05, 0.1) is 12.3 Å². The minimum atomic E-state index is 0.221. The van der Waals surface area contributed by atoms with Gasteiger partial charge in [-0.05, 0) is 75.0 Å². The third-order valence-electron chi connectivity index (χ3n) is 7.84. The van der Waals surface area contributed by atoms with Crippen LogP contribution < -0.4 is 15.0 Å². The number of carbonyl (C=O) groups excluding carboxylic acids is 1. The normalized spacial score (nSPS) is 32.9. The highest BCUT2D eigenvalue weighted by Crippen LogP contribution is 2.69. The van der Waals surface area contributed by atoms with Crippen LogP contribution in [0.15, 0.2) is 18.2 Å². The van der Waals surface area contributed by atoms with Crippen molar-refractivity contribution in [2.75, 3.05) is 49.5 Å². The maximum absolute atomic E-state index is 13.0. The number of hydrogen-bond donors (Lipinski definition) is 1. The summed E-state index contributed by atoms with van der Waals surface area (Å²) in [7, 11) is 0. The highest BCUT2D eigenvalue weighted by atomic mass is 16.5. The smallest absolute Gasteiger partial charge is 0.228 e. The lowest BCUT2D eigenvalue weighted by atomic mass is 10.0. The fourth-order valence-corrected chi connectivity index (χ4v) is 6.52. The van der Waals surface area contributed by atoms with E-state index in [0.717, 1.165) is 49.5 Å². The van der Waals surface area contributed by atoms with Gasteiger partial charge >= 0.3 is 0 Å². The summed E-state index contributed by atoms with van der Waals surface area (Å²) < 4.78 is 5.93. The van der Waals surface area contributed by atoms with E-state index in [1.165, 1.54) is 37.9 Å². The number of piperazine rings is 1. The topological polar surface area (TPSA) is 44.8 Å². The first kappa shape index (κ1) is 19.2. The predicted octanol–water partition coefficient (Wildman–Crippen LogP) is 3.85. The van der Waals surface area contributed by atoms with Crippen molar-refractivity contribution < 1.29 is 9.53 Å². The van der Waals surface area contributed by atoms with E-state index >= 15 is 0 Å². The van der Waals surface area contributed by atoms with E-state index in [0.29, 0.717) is 18.4 Å². The zero-order valence-corrected chi connectivity index (χ0v) is 17.9. The Morgan fingerprint density at radius 3 is 2.48 bits per heavy atom. The number of nitrogens with one attached hydrogen (secondary N) is 1. The first-order chi connectivity index (χ1) is 14.2. The van der Waals surface area contributed by atoms with Crippen LogP contribution in [0.4, 0.5) is 11.4 Å². The molecule has 1 aliphatic heterocycles. The SMILES string of the molecule is CCCN1CCN(c2ccc(NC(=O)C3[C@H]4[C@H]5CC[C@@H](C5)[C@H]34)c(OCC)c2)CC1. The summed E-state index contributed by atoms with van der Waals surface area (Å²) in [6.45, 7) is 10.4. The first-order valence-electron chi connectivity index (χ1n) is 11.7. The minimum absolute atomic E-state index is 0.221. The summed E-state index contributed by atoms with van der Waals surface area (Å²) >= 11 is 0. The predicted molar refractivity (Wildman–Crippen MR) is 116 cm³/mol. The zero-order valence-electron chi connectivity index (χ0n) is 17.9. The number of fused-ring (bicyclic) bond motifs is 5. The number of rotatable bonds is 7. The van der Waals surface area contributed by atoms with Gasteiger partial charge in [-0.2, -0.15) is 0 Å². The molecule has 5 heteroatoms. The molecule has 0 unspecified atom stereocenters. The molecule has 5 nitrogen and oxygen atoms in total. The highest BCUT2D eigenvalue weighted by Gasteiger charge is 2.67. The van der Waals surface area contributed by atoms with Crippen molar-refractivity contribution in [1.82, 2.24) is 4.90 Å². The van der Waals surface area contributed by atoms with Gasteiger partial charge in [0.15, 0.2) is 0 Å². The average molecular weight is 398 g/mol. The van der Waals surface area contributed by atoms with Gasteiger partial charge in [0.1, 0.15) is 5.75 Å². The molecule has 4 aliphatic rings. The molecule has 29 heavy (non-hydrogen) atoms. The Bertz CT molecular complexity index is 742. The fourth-order valence-electron chi connectivity index (χ4n) is 6.52. The van der Waals surface area contributed by atoms with Crippen LogP contribution >= 0.6 is 0 Å². The van der Waals surface area contributed by atoms with Gasteiger partial charge in [-0.25, -0.2) is 0 Å². The van der Waals surface area contributed by atoms with Crippen LogP contribution in [0.25, 0.3) is 0 Å². The van der Waals surface area contributed by atoms with Crippen LogP contribution in [0, 0.1) is 29.6 Å². The van der Waals surface area contributed by atoms with Gasteiger partial charge in [0, 0.05) is 43.9 Å². The molecule has 0 spiro atoms. The van der Waals surface area contributed by atoms with Crippen LogP contribution in [0.5, 0.6) is 5.75 Å². The van der Waals surface area contributed by atoms with E-state index in [2.05, 4.69) is 34.2 Å². The van der Waals surface area contributed by atoms with Gasteiger partial charge in [-0.15, -0.1) is 0 Å². The molecule has 2 bridgehead atoms. The maximum Gasteiger partial charge on any atom is 0.228 e. The number of ether oxygens (including phenoxy) is 1. The van der Waals surface area contributed by atoms with E-state index < -0.39 is 0 Å². The molecule has 1 aromatic carbocycles. The molecule has 5 rings (SSSR count). The molecule has 0 aromatic heterocycles. The molecule has 1 saturated heterocycles. The summed E-state index contributed by atoms with van der Waals surface area (Å²) in [4.78, 5) is 17.9. The van der Waals surface area contributed by atoms with E-state index in [9.17, 15) is 4.79 Å². The first-order valence-corrected chi connectivity index (χ1v) is 11.7. The third kappa shape index (κ3) is 3.52. The second-order valence-electron chi connectivity index (χ2n) is 9.45. The minimum Gasteiger partial charge on any atom is -0.492 e. The van der Waals surface area contributed by atoms with Crippen LogP contribution in [-0.2, 0) is 4.79 Å². The second kappa shape index (κ2) is 7.82. The molecule has 4 fully saturated rings. The Labute approximate surface area is 174 Å². The number of hydrogen-bond acceptors (Lipinski definition) is 4. The summed E-state index contributed by atoms with van der Waals surface area (Å²) in [5, 5.41) is 3.22. The molecule has 3 aliphatic carbocycles. The summed E-state index contributed by atoms with van der Waals surface area (Å²) in [5.41, 5.74) is 2.03. The Morgan fingerprint density at radius 2 is 1.83 bits per heavy atom. The average Bonchev–Trinajstić information content (AvgIpc) is 3.18. The monoisotopic (exact) mass is 397 g/mol. The van der Waals surface area contributed by atoms with Crippen molar-refractivity contribution in [3.63, 3.8) is 0 Å². The summed E-state index contributed by atoms with van der Waals surface area (Å²) in [5.74, 6) is 4.26. The van der Waals surface area contributed by atoms with Crippen LogP contribution in [0.1, 0.15) is 39.5 Å². The van der Waals surface area contributed by atoms with Crippen LogP contribution in [-0.4, -0.2) is 50.1 Å². The molecule has 1 heterocycles.